The van der Waals surface area contributed by atoms with Gasteiger partial charge in [0.25, 0.3) is 0 Å². The van der Waals surface area contributed by atoms with E-state index in [-0.39, 0.29) is 31.1 Å². The van der Waals surface area contributed by atoms with Crippen molar-refractivity contribution >= 4 is 17.9 Å². The van der Waals surface area contributed by atoms with Crippen LogP contribution in [-0.4, -0.2) is 37.2 Å². The first-order valence-electron chi connectivity index (χ1n) is 30.9. The predicted molar refractivity (Wildman–Crippen MR) is 293 cm³/mol. The van der Waals surface area contributed by atoms with Crippen molar-refractivity contribution in [1.29, 1.82) is 0 Å². The first-order chi connectivity index (χ1) is 33.4. The first-order valence-corrected chi connectivity index (χ1v) is 30.9. The summed E-state index contributed by atoms with van der Waals surface area (Å²) in [5.41, 5.74) is 0. The lowest BCUT2D eigenvalue weighted by molar-refractivity contribution is -0.167. The largest absolute Gasteiger partial charge is 0.462 e. The quantitative estimate of drug-likeness (QED) is 0.0343. The molecule has 0 N–H and O–H groups in total. The van der Waals surface area contributed by atoms with E-state index >= 15 is 0 Å². The van der Waals surface area contributed by atoms with Gasteiger partial charge in [0.2, 0.25) is 0 Å². The second-order valence-electron chi connectivity index (χ2n) is 21.8. The van der Waals surface area contributed by atoms with Gasteiger partial charge in [0.05, 0.1) is 0 Å². The smallest absolute Gasteiger partial charge is 0.306 e. The van der Waals surface area contributed by atoms with Crippen molar-refractivity contribution in [3.63, 3.8) is 0 Å². The topological polar surface area (TPSA) is 78.9 Å². The van der Waals surface area contributed by atoms with Crippen LogP contribution in [0.2, 0.25) is 0 Å². The van der Waals surface area contributed by atoms with E-state index < -0.39 is 6.10 Å². The van der Waals surface area contributed by atoms with Crippen LogP contribution in [0, 0.1) is 5.92 Å². The molecule has 0 aromatic rings. The maximum absolute atomic E-state index is 12.9. The van der Waals surface area contributed by atoms with Crippen LogP contribution in [0.1, 0.15) is 355 Å². The summed E-state index contributed by atoms with van der Waals surface area (Å²) >= 11 is 0. The monoisotopic (exact) mass is 961 g/mol. The molecule has 0 saturated heterocycles. The van der Waals surface area contributed by atoms with E-state index in [0.29, 0.717) is 19.3 Å². The van der Waals surface area contributed by atoms with Crippen LogP contribution in [-0.2, 0) is 28.6 Å². The standard InChI is InChI=1S/C62H120O6/c1-5-7-9-11-13-15-17-19-21-22-23-26-30-34-38-42-46-50-54-61(64)67-57-59(56-66-60(63)53-49-45-41-37-33-29-20-18-16-14-12-10-8-6-2)68-62(65)55-51-47-43-39-35-31-27-24-25-28-32-36-40-44-48-52-58(3)4/h58-59H,5-57H2,1-4H3/t59-/m0/s1. The molecular weight excluding hydrogens is 841 g/mol. The summed E-state index contributed by atoms with van der Waals surface area (Å²) in [4.78, 5) is 38.2. The molecule has 0 spiro atoms. The Labute approximate surface area is 425 Å². The van der Waals surface area contributed by atoms with Crippen LogP contribution >= 0.6 is 0 Å². The highest BCUT2D eigenvalue weighted by molar-refractivity contribution is 5.71. The maximum Gasteiger partial charge on any atom is 0.306 e. The number of hydrogen-bond donors (Lipinski definition) is 0. The SMILES string of the molecule is CCCCCCCCCCCCCCCCCCCCC(=O)OC[C@H](COC(=O)CCCCCCCCCCCCCCCC)OC(=O)CCCCCCCCCCCCCCCCCC(C)C. The molecule has 0 aliphatic carbocycles. The zero-order valence-corrected chi connectivity index (χ0v) is 46.6. The molecular formula is C62H120O6. The summed E-state index contributed by atoms with van der Waals surface area (Å²) in [6.07, 6.45) is 62.4. The van der Waals surface area contributed by atoms with Crippen molar-refractivity contribution in [1.82, 2.24) is 0 Å². The molecule has 404 valence electrons. The van der Waals surface area contributed by atoms with Gasteiger partial charge in [-0.15, -0.1) is 0 Å². The molecule has 0 heterocycles. The van der Waals surface area contributed by atoms with Crippen LogP contribution < -0.4 is 0 Å². The lowest BCUT2D eigenvalue weighted by atomic mass is 10.0. The number of rotatable bonds is 57. The molecule has 6 heteroatoms. The average molecular weight is 962 g/mol. The van der Waals surface area contributed by atoms with E-state index in [4.69, 9.17) is 14.2 Å². The third-order valence-electron chi connectivity index (χ3n) is 14.3. The molecule has 0 rings (SSSR count). The number of esters is 3. The predicted octanol–water partition coefficient (Wildman–Crippen LogP) is 20.6. The zero-order valence-electron chi connectivity index (χ0n) is 46.6. The highest BCUT2D eigenvalue weighted by Gasteiger charge is 2.19. The van der Waals surface area contributed by atoms with Crippen molar-refractivity contribution in [2.24, 2.45) is 5.92 Å². The molecule has 0 bridgehead atoms. The number of unbranched alkanes of at least 4 members (excludes halogenated alkanes) is 44. The lowest BCUT2D eigenvalue weighted by Crippen LogP contribution is -2.30. The highest BCUT2D eigenvalue weighted by atomic mass is 16.6. The normalized spacial score (nSPS) is 12.0. The van der Waals surface area contributed by atoms with E-state index in [9.17, 15) is 14.4 Å². The molecule has 0 aromatic heterocycles. The van der Waals surface area contributed by atoms with Crippen molar-refractivity contribution in [3.05, 3.63) is 0 Å². The van der Waals surface area contributed by atoms with Gasteiger partial charge in [-0.1, -0.05) is 317 Å². The molecule has 0 amide bonds. The average Bonchev–Trinajstić information content (AvgIpc) is 3.32. The summed E-state index contributed by atoms with van der Waals surface area (Å²) < 4.78 is 16.9. The molecule has 0 saturated carbocycles. The van der Waals surface area contributed by atoms with Crippen LogP contribution in [0.15, 0.2) is 0 Å². The van der Waals surface area contributed by atoms with Gasteiger partial charge < -0.3 is 14.2 Å². The number of hydrogen-bond acceptors (Lipinski definition) is 6. The van der Waals surface area contributed by atoms with Crippen LogP contribution in [0.5, 0.6) is 0 Å². The van der Waals surface area contributed by atoms with E-state index in [2.05, 4.69) is 27.7 Å². The molecule has 0 aliphatic rings. The van der Waals surface area contributed by atoms with Crippen molar-refractivity contribution in [3.8, 4) is 0 Å². The summed E-state index contributed by atoms with van der Waals surface area (Å²) in [7, 11) is 0. The fraction of sp³-hybridized carbons (Fsp3) is 0.952. The molecule has 6 nitrogen and oxygen atoms in total. The molecule has 1 atom stereocenters. The Kier molecular flexibility index (Phi) is 55.0. The Morgan fingerprint density at radius 3 is 0.721 bits per heavy atom. The molecule has 0 radical (unpaired) electrons. The van der Waals surface area contributed by atoms with Gasteiger partial charge in [0.15, 0.2) is 6.10 Å². The van der Waals surface area contributed by atoms with Crippen molar-refractivity contribution in [2.75, 3.05) is 13.2 Å². The third-order valence-corrected chi connectivity index (χ3v) is 14.3. The van der Waals surface area contributed by atoms with Gasteiger partial charge in [-0.3, -0.25) is 14.4 Å². The minimum atomic E-state index is -0.762. The van der Waals surface area contributed by atoms with Gasteiger partial charge >= 0.3 is 17.9 Å². The number of carbonyl (C=O) groups excluding carboxylic acids is 3. The van der Waals surface area contributed by atoms with Gasteiger partial charge in [0.1, 0.15) is 13.2 Å². The Balaban J connectivity index is 4.28. The third kappa shape index (κ3) is 55.3. The summed E-state index contributed by atoms with van der Waals surface area (Å²) in [6, 6.07) is 0. The Morgan fingerprint density at radius 1 is 0.279 bits per heavy atom. The molecule has 0 aromatic carbocycles. The molecule has 0 unspecified atom stereocenters. The van der Waals surface area contributed by atoms with Crippen molar-refractivity contribution in [2.45, 2.75) is 361 Å². The van der Waals surface area contributed by atoms with Gasteiger partial charge in [0, 0.05) is 19.3 Å². The van der Waals surface area contributed by atoms with Gasteiger partial charge in [-0.05, 0) is 25.2 Å². The van der Waals surface area contributed by atoms with Crippen LogP contribution in [0.3, 0.4) is 0 Å². The van der Waals surface area contributed by atoms with Crippen LogP contribution in [0.25, 0.3) is 0 Å². The van der Waals surface area contributed by atoms with E-state index in [1.54, 1.807) is 0 Å². The Morgan fingerprint density at radius 2 is 0.485 bits per heavy atom. The van der Waals surface area contributed by atoms with E-state index in [1.807, 2.05) is 0 Å². The fourth-order valence-corrected chi connectivity index (χ4v) is 9.63. The second-order valence-corrected chi connectivity index (χ2v) is 21.8. The summed E-state index contributed by atoms with van der Waals surface area (Å²) in [5, 5.41) is 0. The van der Waals surface area contributed by atoms with E-state index in [0.717, 1.165) is 63.7 Å². The van der Waals surface area contributed by atoms with Gasteiger partial charge in [-0.2, -0.15) is 0 Å². The molecule has 68 heavy (non-hydrogen) atoms. The Bertz CT molecular complexity index is 1030. The maximum atomic E-state index is 12.9. The zero-order chi connectivity index (χ0) is 49.5. The highest BCUT2D eigenvalue weighted by Crippen LogP contribution is 2.18. The minimum absolute atomic E-state index is 0.0613. The minimum Gasteiger partial charge on any atom is -0.462 e. The number of ether oxygens (including phenoxy) is 3. The summed E-state index contributed by atoms with van der Waals surface area (Å²) in [6.45, 7) is 9.09. The fourth-order valence-electron chi connectivity index (χ4n) is 9.63. The Hall–Kier alpha value is -1.59. The lowest BCUT2D eigenvalue weighted by Gasteiger charge is -2.18. The van der Waals surface area contributed by atoms with Crippen LogP contribution in [0.4, 0.5) is 0 Å². The summed E-state index contributed by atoms with van der Waals surface area (Å²) in [5.74, 6) is 0.0181. The van der Waals surface area contributed by atoms with E-state index in [1.165, 1.54) is 250 Å². The van der Waals surface area contributed by atoms with Crippen molar-refractivity contribution < 1.29 is 28.6 Å². The number of carbonyl (C=O) groups is 3. The second kappa shape index (κ2) is 56.3. The van der Waals surface area contributed by atoms with Gasteiger partial charge in [-0.25, -0.2) is 0 Å². The first kappa shape index (κ1) is 66.4. The molecule has 0 fully saturated rings. The molecule has 0 aliphatic heterocycles.